The Bertz CT molecular complexity index is 1140. The molecule has 2 aromatic carbocycles. The fraction of sp³-hybridized carbons (Fsp3) is 0.348. The van der Waals surface area contributed by atoms with Crippen LogP contribution in [0.2, 0.25) is 5.02 Å². The highest BCUT2D eigenvalue weighted by Gasteiger charge is 2.31. The number of fused-ring (bicyclic) bond motifs is 1. The summed E-state index contributed by atoms with van der Waals surface area (Å²) in [6, 6.07) is 12.5. The Kier molecular flexibility index (Phi) is 6.46. The van der Waals surface area contributed by atoms with Crippen molar-refractivity contribution < 1.29 is 18.3 Å². The maximum absolute atomic E-state index is 13.2. The first-order chi connectivity index (χ1) is 15.3. The van der Waals surface area contributed by atoms with Crippen LogP contribution in [-0.2, 0) is 21.2 Å². The molecule has 32 heavy (non-hydrogen) atoms. The number of halogens is 1. The lowest BCUT2D eigenvalue weighted by atomic mass is 10.2. The van der Waals surface area contributed by atoms with E-state index in [1.165, 1.54) is 4.31 Å². The summed E-state index contributed by atoms with van der Waals surface area (Å²) < 4.78 is 28.0. The molecule has 170 valence electrons. The van der Waals surface area contributed by atoms with Crippen LogP contribution < -0.4 is 9.80 Å². The molecule has 7 nitrogen and oxygen atoms in total. The summed E-state index contributed by atoms with van der Waals surface area (Å²) >= 11 is 6.08. The summed E-state index contributed by atoms with van der Waals surface area (Å²) in [6.07, 6.45) is 0.997. The molecule has 0 atom stereocenters. The smallest absolute Gasteiger partial charge is 0.243 e. The zero-order valence-electron chi connectivity index (χ0n) is 17.7. The lowest BCUT2D eigenvalue weighted by molar-refractivity contribution is -0.118. The van der Waals surface area contributed by atoms with Gasteiger partial charge in [-0.05, 0) is 48.4 Å². The number of carbonyl (C=O) groups is 1. The third-order valence-electron chi connectivity index (χ3n) is 5.92. The van der Waals surface area contributed by atoms with Crippen LogP contribution in [0.5, 0.6) is 0 Å². The minimum absolute atomic E-state index is 0.0188. The first-order valence-corrected chi connectivity index (χ1v) is 12.4. The van der Waals surface area contributed by atoms with Gasteiger partial charge in [0.25, 0.3) is 0 Å². The predicted molar refractivity (Wildman–Crippen MR) is 126 cm³/mol. The number of amides is 1. The number of hydrogen-bond donors (Lipinski definition) is 1. The van der Waals surface area contributed by atoms with Gasteiger partial charge in [0, 0.05) is 62.0 Å². The van der Waals surface area contributed by atoms with Crippen molar-refractivity contribution in [1.29, 1.82) is 0 Å². The fourth-order valence-corrected chi connectivity index (χ4v) is 5.85. The maximum Gasteiger partial charge on any atom is 0.243 e. The Labute approximate surface area is 193 Å². The van der Waals surface area contributed by atoms with Gasteiger partial charge in [-0.15, -0.1) is 0 Å². The second-order valence-electron chi connectivity index (χ2n) is 8.02. The molecule has 0 bridgehead atoms. The number of aliphatic hydroxyl groups is 1. The molecule has 0 radical (unpaired) electrons. The van der Waals surface area contributed by atoms with Crippen LogP contribution in [0, 0.1) is 0 Å². The average molecular weight is 476 g/mol. The summed E-state index contributed by atoms with van der Waals surface area (Å²) in [5, 5.41) is 9.89. The SMILES string of the molecule is C=C(O)CCC(=O)N1CCc2cc(S(=O)(=O)N3CCN(c4cccc(Cl)c4)CC3)ccc21. The monoisotopic (exact) mass is 475 g/mol. The number of nitrogens with zero attached hydrogens (tertiary/aromatic N) is 3. The van der Waals surface area contributed by atoms with Crippen molar-refractivity contribution in [2.45, 2.75) is 24.2 Å². The number of sulfonamides is 1. The highest BCUT2D eigenvalue weighted by molar-refractivity contribution is 7.89. The van der Waals surface area contributed by atoms with Crippen LogP contribution in [0.25, 0.3) is 0 Å². The number of rotatable bonds is 6. The minimum atomic E-state index is -3.62. The van der Waals surface area contributed by atoms with Crippen molar-refractivity contribution in [1.82, 2.24) is 4.31 Å². The number of allylic oxidation sites excluding steroid dienone is 1. The molecular weight excluding hydrogens is 450 g/mol. The highest BCUT2D eigenvalue weighted by Crippen LogP contribution is 2.32. The summed E-state index contributed by atoms with van der Waals surface area (Å²) in [7, 11) is -3.62. The first kappa shape index (κ1) is 22.6. The second-order valence-corrected chi connectivity index (χ2v) is 10.4. The van der Waals surface area contributed by atoms with Crippen molar-refractivity contribution >= 4 is 38.9 Å². The lowest BCUT2D eigenvalue weighted by Gasteiger charge is -2.35. The van der Waals surface area contributed by atoms with Gasteiger partial charge in [0.15, 0.2) is 0 Å². The summed E-state index contributed by atoms with van der Waals surface area (Å²) in [5.41, 5.74) is 2.57. The summed E-state index contributed by atoms with van der Waals surface area (Å²) in [5.74, 6) is -0.124. The van der Waals surface area contributed by atoms with Crippen molar-refractivity contribution in [2.75, 3.05) is 42.5 Å². The van der Waals surface area contributed by atoms with Crippen LogP contribution in [-0.4, -0.2) is 56.5 Å². The molecule has 2 aliphatic heterocycles. The van der Waals surface area contributed by atoms with E-state index in [-0.39, 0.29) is 29.4 Å². The van der Waals surface area contributed by atoms with Gasteiger partial charge in [0.05, 0.1) is 10.7 Å². The Morgan fingerprint density at radius 3 is 2.47 bits per heavy atom. The predicted octanol–water partition coefficient (Wildman–Crippen LogP) is 3.59. The highest BCUT2D eigenvalue weighted by atomic mass is 35.5. The van der Waals surface area contributed by atoms with Gasteiger partial charge < -0.3 is 14.9 Å². The van der Waals surface area contributed by atoms with E-state index in [1.807, 2.05) is 24.3 Å². The molecule has 2 aliphatic rings. The van der Waals surface area contributed by atoms with Gasteiger partial charge in [-0.1, -0.05) is 24.2 Å². The molecule has 1 saturated heterocycles. The Morgan fingerprint density at radius 2 is 1.78 bits per heavy atom. The molecule has 9 heteroatoms. The number of aliphatic hydroxyl groups excluding tert-OH is 1. The van der Waals surface area contributed by atoms with Crippen molar-refractivity contribution in [3.63, 3.8) is 0 Å². The van der Waals surface area contributed by atoms with Gasteiger partial charge >= 0.3 is 0 Å². The Morgan fingerprint density at radius 1 is 1.03 bits per heavy atom. The fourth-order valence-electron chi connectivity index (χ4n) is 4.19. The van der Waals surface area contributed by atoms with E-state index in [0.29, 0.717) is 44.2 Å². The normalized spacial score (nSPS) is 16.8. The lowest BCUT2D eigenvalue weighted by Crippen LogP contribution is -2.48. The van der Waals surface area contributed by atoms with Crippen LogP contribution in [0.15, 0.2) is 59.7 Å². The number of hydrogen-bond acceptors (Lipinski definition) is 5. The van der Waals surface area contributed by atoms with E-state index in [1.54, 1.807) is 23.1 Å². The zero-order chi connectivity index (χ0) is 22.9. The molecule has 1 N–H and O–H groups in total. The van der Waals surface area contributed by atoms with Crippen LogP contribution in [0.3, 0.4) is 0 Å². The molecule has 1 fully saturated rings. The second kappa shape index (κ2) is 9.13. The van der Waals surface area contributed by atoms with Crippen molar-refractivity contribution in [3.8, 4) is 0 Å². The average Bonchev–Trinajstić information content (AvgIpc) is 3.21. The van der Waals surface area contributed by atoms with Gasteiger partial charge in [0.1, 0.15) is 0 Å². The Hall–Kier alpha value is -2.55. The molecule has 0 unspecified atom stereocenters. The van der Waals surface area contributed by atoms with Gasteiger partial charge in [-0.2, -0.15) is 4.31 Å². The van der Waals surface area contributed by atoms with Gasteiger partial charge in [-0.25, -0.2) is 8.42 Å². The Balaban J connectivity index is 1.45. The maximum atomic E-state index is 13.2. The third-order valence-corrected chi connectivity index (χ3v) is 8.05. The summed E-state index contributed by atoms with van der Waals surface area (Å²) in [4.78, 5) is 16.5. The molecule has 2 aromatic rings. The molecule has 0 aliphatic carbocycles. The van der Waals surface area contributed by atoms with E-state index in [0.717, 1.165) is 16.9 Å². The third kappa shape index (κ3) is 4.62. The quantitative estimate of drug-likeness (QED) is 0.646. The summed E-state index contributed by atoms with van der Waals surface area (Å²) in [6.45, 7) is 5.87. The van der Waals surface area contributed by atoms with Crippen molar-refractivity contribution in [2.24, 2.45) is 0 Å². The topological polar surface area (TPSA) is 81.2 Å². The largest absolute Gasteiger partial charge is 0.513 e. The number of carbonyl (C=O) groups excluding carboxylic acids is 1. The molecular formula is C23H26ClN3O4S. The molecule has 0 aromatic heterocycles. The van der Waals surface area contributed by atoms with Gasteiger partial charge in [0.2, 0.25) is 15.9 Å². The number of piperazine rings is 1. The molecule has 1 amide bonds. The molecule has 0 saturated carbocycles. The van der Waals surface area contributed by atoms with E-state index in [4.69, 9.17) is 11.6 Å². The van der Waals surface area contributed by atoms with E-state index >= 15 is 0 Å². The van der Waals surface area contributed by atoms with Crippen LogP contribution >= 0.6 is 11.6 Å². The standard InChI is InChI=1S/C23H26ClN3O4S/c1-17(28)5-8-23(29)27-10-9-18-15-21(6-7-22(18)27)32(30,31)26-13-11-25(12-14-26)20-4-2-3-19(24)16-20/h2-4,6-7,15-16,28H,1,5,8-14H2. The van der Waals surface area contributed by atoms with E-state index < -0.39 is 10.0 Å². The molecule has 4 rings (SSSR count). The van der Waals surface area contributed by atoms with E-state index in [2.05, 4.69) is 11.5 Å². The van der Waals surface area contributed by atoms with Crippen LogP contribution in [0.4, 0.5) is 11.4 Å². The van der Waals surface area contributed by atoms with E-state index in [9.17, 15) is 18.3 Å². The number of anilines is 2. The number of benzene rings is 2. The zero-order valence-corrected chi connectivity index (χ0v) is 19.3. The van der Waals surface area contributed by atoms with Crippen molar-refractivity contribution in [3.05, 3.63) is 65.4 Å². The minimum Gasteiger partial charge on any atom is -0.513 e. The van der Waals surface area contributed by atoms with Gasteiger partial charge in [-0.3, -0.25) is 4.79 Å². The molecule has 2 heterocycles. The van der Waals surface area contributed by atoms with Crippen LogP contribution in [0.1, 0.15) is 18.4 Å². The first-order valence-electron chi connectivity index (χ1n) is 10.6. The molecule has 0 spiro atoms.